The predicted molar refractivity (Wildman–Crippen MR) is 84.6 cm³/mol. The Morgan fingerprint density at radius 1 is 1.38 bits per heavy atom. The number of alkyl halides is 3. The lowest BCUT2D eigenvalue weighted by Gasteiger charge is -2.28. The molecular weight excluding hydrogens is 355 g/mol. The van der Waals surface area contributed by atoms with Crippen LogP contribution in [-0.4, -0.2) is 54.4 Å². The average molecular weight is 375 g/mol. The second kappa shape index (κ2) is 7.53. The summed E-state index contributed by atoms with van der Waals surface area (Å²) in [6.07, 6.45) is -6.60. The van der Waals surface area contributed by atoms with Gasteiger partial charge in [-0.25, -0.2) is 0 Å². The number of carboxylic acid groups (broad SMARTS) is 1. The van der Waals surface area contributed by atoms with Crippen molar-refractivity contribution in [3.8, 4) is 5.75 Å². The van der Waals surface area contributed by atoms with Gasteiger partial charge in [0.05, 0.1) is 13.7 Å². The molecule has 1 aliphatic rings. The van der Waals surface area contributed by atoms with Crippen LogP contribution in [0.2, 0.25) is 0 Å². The molecule has 0 bridgehead atoms. The van der Waals surface area contributed by atoms with E-state index in [9.17, 15) is 22.8 Å². The first-order valence-corrected chi connectivity index (χ1v) is 7.94. The smallest absolute Gasteiger partial charge is 0.406 e. The van der Waals surface area contributed by atoms with Crippen molar-refractivity contribution in [1.29, 1.82) is 0 Å². The highest BCUT2D eigenvalue weighted by Gasteiger charge is 2.64. The van der Waals surface area contributed by atoms with E-state index in [4.69, 9.17) is 14.6 Å². The Labute approximate surface area is 148 Å². The molecule has 1 aliphatic heterocycles. The number of hydrogen-bond donors (Lipinski definition) is 1. The number of carboxylic acids is 1. The van der Waals surface area contributed by atoms with E-state index in [1.165, 1.54) is 14.0 Å². The Kier molecular flexibility index (Phi) is 5.80. The second-order valence-electron chi connectivity index (χ2n) is 6.20. The molecule has 144 valence electrons. The van der Waals surface area contributed by atoms with Gasteiger partial charge in [0, 0.05) is 13.1 Å². The Balaban J connectivity index is 1.99. The summed E-state index contributed by atoms with van der Waals surface area (Å²) >= 11 is 0. The van der Waals surface area contributed by atoms with Gasteiger partial charge >= 0.3 is 12.1 Å². The number of rotatable bonds is 6. The summed E-state index contributed by atoms with van der Waals surface area (Å²) in [5.74, 6) is -2.02. The summed E-state index contributed by atoms with van der Waals surface area (Å²) in [4.78, 5) is 24.4. The Hall–Kier alpha value is -2.29. The van der Waals surface area contributed by atoms with Crippen LogP contribution in [0.1, 0.15) is 18.9 Å². The van der Waals surface area contributed by atoms with E-state index in [0.717, 1.165) is 10.5 Å². The quantitative estimate of drug-likeness (QED) is 0.827. The minimum Gasteiger partial charge on any atom is -0.497 e. The molecule has 0 radical (unpaired) electrons. The van der Waals surface area contributed by atoms with Gasteiger partial charge in [-0.1, -0.05) is 12.1 Å². The van der Waals surface area contributed by atoms with Crippen LogP contribution in [0, 0.1) is 5.41 Å². The molecule has 9 heteroatoms. The third kappa shape index (κ3) is 3.92. The minimum atomic E-state index is -4.93. The zero-order valence-electron chi connectivity index (χ0n) is 14.4. The van der Waals surface area contributed by atoms with Gasteiger partial charge in [0.25, 0.3) is 5.91 Å². The maximum Gasteiger partial charge on any atom is 0.406 e. The summed E-state index contributed by atoms with van der Waals surface area (Å²) in [7, 11) is 1.51. The molecule has 1 aromatic rings. The number of aliphatic carboxylic acids is 1. The zero-order valence-corrected chi connectivity index (χ0v) is 14.4. The van der Waals surface area contributed by atoms with Gasteiger partial charge < -0.3 is 19.5 Å². The van der Waals surface area contributed by atoms with Crippen molar-refractivity contribution in [3.63, 3.8) is 0 Å². The fourth-order valence-corrected chi connectivity index (χ4v) is 2.84. The fourth-order valence-electron chi connectivity index (χ4n) is 2.84. The monoisotopic (exact) mass is 375 g/mol. The molecule has 1 aromatic carbocycles. The standard InChI is InChI=1S/C17H20F3NO5/c1-11(26-9-12-4-3-5-13(8-12)25-2)14(22)21-7-6-16(10-21,15(23)24)17(18,19)20/h3-5,8,11H,6-7,9-10H2,1-2H3,(H,23,24). The van der Waals surface area contributed by atoms with Crippen molar-refractivity contribution in [2.24, 2.45) is 5.41 Å². The van der Waals surface area contributed by atoms with Crippen molar-refractivity contribution in [3.05, 3.63) is 29.8 Å². The predicted octanol–water partition coefficient (Wildman–Crippen LogP) is 2.47. The van der Waals surface area contributed by atoms with E-state index in [0.29, 0.717) is 5.75 Å². The van der Waals surface area contributed by atoms with Gasteiger partial charge in [0.2, 0.25) is 0 Å². The number of hydrogen-bond acceptors (Lipinski definition) is 4. The Morgan fingerprint density at radius 3 is 2.62 bits per heavy atom. The molecule has 1 fully saturated rings. The average Bonchev–Trinajstić information content (AvgIpc) is 3.06. The van der Waals surface area contributed by atoms with Gasteiger partial charge in [-0.05, 0) is 31.0 Å². The number of methoxy groups -OCH3 is 1. The van der Waals surface area contributed by atoms with Crippen LogP contribution in [0.4, 0.5) is 13.2 Å². The maximum absolute atomic E-state index is 13.2. The van der Waals surface area contributed by atoms with E-state index in [2.05, 4.69) is 0 Å². The number of likely N-dealkylation sites (tertiary alicyclic amines) is 1. The number of ether oxygens (including phenoxy) is 2. The highest BCUT2D eigenvalue weighted by Crippen LogP contribution is 2.45. The topological polar surface area (TPSA) is 76.1 Å². The Morgan fingerprint density at radius 2 is 2.08 bits per heavy atom. The van der Waals surface area contributed by atoms with Gasteiger partial charge in [-0.15, -0.1) is 0 Å². The number of carbonyl (C=O) groups is 2. The highest BCUT2D eigenvalue weighted by molar-refractivity contribution is 5.83. The summed E-state index contributed by atoms with van der Waals surface area (Å²) in [5, 5.41) is 9.04. The highest BCUT2D eigenvalue weighted by atomic mass is 19.4. The fraction of sp³-hybridized carbons (Fsp3) is 0.529. The van der Waals surface area contributed by atoms with E-state index >= 15 is 0 Å². The summed E-state index contributed by atoms with van der Waals surface area (Å²) in [6, 6.07) is 6.96. The number of nitrogens with zero attached hydrogens (tertiary/aromatic N) is 1. The van der Waals surface area contributed by atoms with Crippen molar-refractivity contribution < 1.29 is 37.3 Å². The largest absolute Gasteiger partial charge is 0.497 e. The molecule has 1 N–H and O–H groups in total. The van der Waals surface area contributed by atoms with Crippen LogP contribution in [-0.2, 0) is 20.9 Å². The van der Waals surface area contributed by atoms with E-state index in [-0.39, 0.29) is 13.2 Å². The molecule has 2 atom stereocenters. The van der Waals surface area contributed by atoms with Crippen LogP contribution < -0.4 is 4.74 Å². The van der Waals surface area contributed by atoms with Gasteiger partial charge in [0.1, 0.15) is 11.9 Å². The first kappa shape index (κ1) is 20.0. The molecule has 1 heterocycles. The van der Waals surface area contributed by atoms with Gasteiger partial charge in [0.15, 0.2) is 5.41 Å². The zero-order chi connectivity index (χ0) is 19.5. The summed E-state index contributed by atoms with van der Waals surface area (Å²) in [6.45, 7) is 0.313. The van der Waals surface area contributed by atoms with Gasteiger partial charge in [-0.2, -0.15) is 13.2 Å². The van der Waals surface area contributed by atoms with E-state index in [1.54, 1.807) is 24.3 Å². The lowest BCUT2D eigenvalue weighted by Crippen LogP contribution is -2.48. The maximum atomic E-state index is 13.2. The molecular formula is C17H20F3NO5. The molecule has 6 nitrogen and oxygen atoms in total. The third-order valence-electron chi connectivity index (χ3n) is 4.51. The van der Waals surface area contributed by atoms with Crippen LogP contribution in [0.5, 0.6) is 5.75 Å². The number of carbonyl (C=O) groups excluding carboxylic acids is 1. The lowest BCUT2D eigenvalue weighted by molar-refractivity contribution is -0.227. The van der Waals surface area contributed by atoms with Crippen molar-refractivity contribution >= 4 is 11.9 Å². The van der Waals surface area contributed by atoms with Crippen LogP contribution in [0.25, 0.3) is 0 Å². The van der Waals surface area contributed by atoms with Crippen LogP contribution >= 0.6 is 0 Å². The molecule has 2 unspecified atom stereocenters. The Bertz CT molecular complexity index is 679. The SMILES string of the molecule is COc1cccc(COC(C)C(=O)N2CCC(C(=O)O)(C(F)(F)F)C2)c1. The van der Waals surface area contributed by atoms with Crippen LogP contribution in [0.15, 0.2) is 24.3 Å². The molecule has 0 aliphatic carbocycles. The van der Waals surface area contributed by atoms with Crippen molar-refractivity contribution in [1.82, 2.24) is 4.90 Å². The first-order valence-electron chi connectivity index (χ1n) is 7.94. The number of halogens is 3. The molecule has 2 rings (SSSR count). The third-order valence-corrected chi connectivity index (χ3v) is 4.51. The molecule has 26 heavy (non-hydrogen) atoms. The minimum absolute atomic E-state index is 0.0707. The molecule has 1 saturated heterocycles. The lowest BCUT2D eigenvalue weighted by atomic mass is 9.86. The first-order chi connectivity index (χ1) is 12.1. The van der Waals surface area contributed by atoms with Crippen molar-refractivity contribution in [2.75, 3.05) is 20.2 Å². The van der Waals surface area contributed by atoms with E-state index < -0.39 is 42.5 Å². The summed E-state index contributed by atoms with van der Waals surface area (Å²) in [5.41, 5.74) is -2.18. The van der Waals surface area contributed by atoms with Crippen molar-refractivity contribution in [2.45, 2.75) is 32.2 Å². The van der Waals surface area contributed by atoms with Gasteiger partial charge in [-0.3, -0.25) is 9.59 Å². The molecule has 1 amide bonds. The molecule has 0 saturated carbocycles. The van der Waals surface area contributed by atoms with E-state index in [1.807, 2.05) is 0 Å². The number of benzene rings is 1. The molecule has 0 spiro atoms. The second-order valence-corrected chi connectivity index (χ2v) is 6.20. The van der Waals surface area contributed by atoms with Crippen LogP contribution in [0.3, 0.4) is 0 Å². The summed E-state index contributed by atoms with van der Waals surface area (Å²) < 4.78 is 50.1. The molecule has 0 aromatic heterocycles. The normalized spacial score (nSPS) is 21.5. The number of amides is 1.